The molecule has 0 saturated carbocycles. The van der Waals surface area contributed by atoms with E-state index in [4.69, 9.17) is 5.11 Å². The Morgan fingerprint density at radius 3 is 3.11 bits per heavy atom. The SMILES string of the molecule is CC(O)CCNC(=O)C1NCCc2ccccc21. The Morgan fingerprint density at radius 2 is 2.33 bits per heavy atom. The van der Waals surface area contributed by atoms with Crippen LogP contribution in [0.25, 0.3) is 0 Å². The summed E-state index contributed by atoms with van der Waals surface area (Å²) in [5, 5.41) is 15.3. The van der Waals surface area contributed by atoms with Gasteiger partial charge in [-0.15, -0.1) is 0 Å². The fraction of sp³-hybridized carbons (Fsp3) is 0.500. The second-order valence-corrected chi connectivity index (χ2v) is 4.76. The van der Waals surface area contributed by atoms with Crippen LogP contribution in [0.2, 0.25) is 0 Å². The van der Waals surface area contributed by atoms with Crippen LogP contribution in [0.5, 0.6) is 0 Å². The first-order valence-corrected chi connectivity index (χ1v) is 6.45. The zero-order chi connectivity index (χ0) is 13.0. The Kier molecular flexibility index (Phi) is 4.33. The number of fused-ring (bicyclic) bond motifs is 1. The molecule has 0 aliphatic carbocycles. The summed E-state index contributed by atoms with van der Waals surface area (Å²) in [5.74, 6) is -0.0113. The zero-order valence-corrected chi connectivity index (χ0v) is 10.6. The first kappa shape index (κ1) is 13.1. The number of carbonyl (C=O) groups is 1. The van der Waals surface area contributed by atoms with Gasteiger partial charge in [0, 0.05) is 13.1 Å². The van der Waals surface area contributed by atoms with E-state index in [1.165, 1.54) is 5.56 Å². The maximum Gasteiger partial charge on any atom is 0.241 e. The predicted octanol–water partition coefficient (Wildman–Crippen LogP) is 0.760. The highest BCUT2D eigenvalue weighted by atomic mass is 16.3. The Balaban J connectivity index is 1.99. The number of hydrogen-bond donors (Lipinski definition) is 3. The minimum absolute atomic E-state index is 0.0113. The van der Waals surface area contributed by atoms with Crippen molar-refractivity contribution in [3.8, 4) is 0 Å². The molecule has 1 aliphatic heterocycles. The average Bonchev–Trinajstić information content (AvgIpc) is 2.37. The molecule has 2 rings (SSSR count). The normalized spacial score (nSPS) is 20.0. The molecule has 98 valence electrons. The summed E-state index contributed by atoms with van der Waals surface area (Å²) in [4.78, 5) is 12.1. The lowest BCUT2D eigenvalue weighted by atomic mass is 9.94. The van der Waals surface area contributed by atoms with Crippen molar-refractivity contribution in [2.45, 2.75) is 31.9 Å². The number of amides is 1. The van der Waals surface area contributed by atoms with Gasteiger partial charge < -0.3 is 15.7 Å². The fourth-order valence-corrected chi connectivity index (χ4v) is 2.24. The summed E-state index contributed by atoms with van der Waals surface area (Å²) < 4.78 is 0. The molecule has 0 aromatic heterocycles. The van der Waals surface area contributed by atoms with Crippen LogP contribution in [0.3, 0.4) is 0 Å². The smallest absolute Gasteiger partial charge is 0.241 e. The van der Waals surface area contributed by atoms with Gasteiger partial charge in [0.2, 0.25) is 5.91 Å². The first-order valence-electron chi connectivity index (χ1n) is 6.45. The van der Waals surface area contributed by atoms with Crippen molar-refractivity contribution in [2.24, 2.45) is 0 Å². The monoisotopic (exact) mass is 248 g/mol. The second-order valence-electron chi connectivity index (χ2n) is 4.76. The third kappa shape index (κ3) is 3.09. The summed E-state index contributed by atoms with van der Waals surface area (Å²) in [5.41, 5.74) is 2.31. The lowest BCUT2D eigenvalue weighted by Crippen LogP contribution is -2.42. The van der Waals surface area contributed by atoms with E-state index in [1.807, 2.05) is 18.2 Å². The number of aliphatic hydroxyl groups is 1. The van der Waals surface area contributed by atoms with Gasteiger partial charge in [0.05, 0.1) is 6.10 Å². The molecule has 0 radical (unpaired) electrons. The van der Waals surface area contributed by atoms with Crippen LogP contribution in [0.15, 0.2) is 24.3 Å². The van der Waals surface area contributed by atoms with Gasteiger partial charge in [0.15, 0.2) is 0 Å². The second kappa shape index (κ2) is 5.98. The molecule has 3 N–H and O–H groups in total. The number of benzene rings is 1. The van der Waals surface area contributed by atoms with E-state index in [0.29, 0.717) is 13.0 Å². The van der Waals surface area contributed by atoms with Gasteiger partial charge in [-0.1, -0.05) is 24.3 Å². The van der Waals surface area contributed by atoms with E-state index in [-0.39, 0.29) is 18.1 Å². The van der Waals surface area contributed by atoms with Crippen LogP contribution in [-0.4, -0.2) is 30.2 Å². The average molecular weight is 248 g/mol. The minimum atomic E-state index is -0.378. The van der Waals surface area contributed by atoms with Crippen molar-refractivity contribution >= 4 is 5.91 Å². The van der Waals surface area contributed by atoms with Gasteiger partial charge in [0.1, 0.15) is 6.04 Å². The largest absolute Gasteiger partial charge is 0.393 e. The highest BCUT2D eigenvalue weighted by Crippen LogP contribution is 2.22. The zero-order valence-electron chi connectivity index (χ0n) is 10.6. The molecule has 0 bridgehead atoms. The fourth-order valence-electron chi connectivity index (χ4n) is 2.24. The standard InChI is InChI=1S/C14H20N2O2/c1-10(17)6-8-16-14(18)13-12-5-3-2-4-11(12)7-9-15-13/h2-5,10,13,15,17H,6-9H2,1H3,(H,16,18). The van der Waals surface area contributed by atoms with Gasteiger partial charge in [0.25, 0.3) is 0 Å². The van der Waals surface area contributed by atoms with Crippen LogP contribution in [-0.2, 0) is 11.2 Å². The van der Waals surface area contributed by atoms with Crippen molar-refractivity contribution in [1.82, 2.24) is 10.6 Å². The van der Waals surface area contributed by atoms with Gasteiger partial charge in [-0.25, -0.2) is 0 Å². The number of aliphatic hydroxyl groups excluding tert-OH is 1. The molecule has 0 spiro atoms. The predicted molar refractivity (Wildman–Crippen MR) is 70.2 cm³/mol. The number of carbonyl (C=O) groups excluding carboxylic acids is 1. The topological polar surface area (TPSA) is 61.4 Å². The van der Waals surface area contributed by atoms with Crippen molar-refractivity contribution in [1.29, 1.82) is 0 Å². The van der Waals surface area contributed by atoms with E-state index < -0.39 is 0 Å². The molecule has 2 unspecified atom stereocenters. The van der Waals surface area contributed by atoms with E-state index in [1.54, 1.807) is 6.92 Å². The molecule has 1 aliphatic rings. The number of nitrogens with one attached hydrogen (secondary N) is 2. The minimum Gasteiger partial charge on any atom is -0.393 e. The molecule has 18 heavy (non-hydrogen) atoms. The molecule has 2 atom stereocenters. The van der Waals surface area contributed by atoms with Crippen molar-refractivity contribution < 1.29 is 9.90 Å². The molecule has 1 heterocycles. The molecule has 1 amide bonds. The van der Waals surface area contributed by atoms with Crippen molar-refractivity contribution in [2.75, 3.05) is 13.1 Å². The van der Waals surface area contributed by atoms with Gasteiger partial charge in [-0.2, -0.15) is 0 Å². The lowest BCUT2D eigenvalue weighted by Gasteiger charge is -2.26. The molecular formula is C14H20N2O2. The summed E-state index contributed by atoms with van der Waals surface area (Å²) in [6.45, 7) is 3.06. The van der Waals surface area contributed by atoms with Crippen LogP contribution in [0, 0.1) is 0 Å². The van der Waals surface area contributed by atoms with Crippen LogP contribution in [0.4, 0.5) is 0 Å². The Morgan fingerprint density at radius 1 is 1.56 bits per heavy atom. The lowest BCUT2D eigenvalue weighted by molar-refractivity contribution is -0.123. The molecule has 0 saturated heterocycles. The summed E-state index contributed by atoms with van der Waals surface area (Å²) in [7, 11) is 0. The van der Waals surface area contributed by atoms with Crippen LogP contribution >= 0.6 is 0 Å². The number of rotatable bonds is 4. The summed E-state index contributed by atoms with van der Waals surface area (Å²) in [6.07, 6.45) is 1.17. The van der Waals surface area contributed by atoms with Gasteiger partial charge >= 0.3 is 0 Å². The Labute approximate surface area is 107 Å². The molecule has 1 aromatic carbocycles. The molecule has 4 nitrogen and oxygen atoms in total. The molecule has 1 aromatic rings. The van der Waals surface area contributed by atoms with Crippen LogP contribution < -0.4 is 10.6 Å². The Hall–Kier alpha value is -1.39. The maximum absolute atomic E-state index is 12.1. The third-order valence-corrected chi connectivity index (χ3v) is 3.23. The Bertz CT molecular complexity index is 418. The van der Waals surface area contributed by atoms with Gasteiger partial charge in [-0.3, -0.25) is 4.79 Å². The number of hydrogen-bond acceptors (Lipinski definition) is 3. The van der Waals surface area contributed by atoms with Crippen molar-refractivity contribution in [3.05, 3.63) is 35.4 Å². The highest BCUT2D eigenvalue weighted by molar-refractivity contribution is 5.83. The first-order chi connectivity index (χ1) is 8.68. The van der Waals surface area contributed by atoms with Gasteiger partial charge in [-0.05, 0) is 30.9 Å². The van der Waals surface area contributed by atoms with Crippen LogP contribution in [0.1, 0.15) is 30.5 Å². The van der Waals surface area contributed by atoms with E-state index >= 15 is 0 Å². The quantitative estimate of drug-likeness (QED) is 0.737. The third-order valence-electron chi connectivity index (χ3n) is 3.23. The molecule has 4 heteroatoms. The van der Waals surface area contributed by atoms with E-state index in [2.05, 4.69) is 16.7 Å². The summed E-state index contributed by atoms with van der Waals surface area (Å²) in [6, 6.07) is 7.78. The van der Waals surface area contributed by atoms with E-state index in [9.17, 15) is 4.79 Å². The molecular weight excluding hydrogens is 228 g/mol. The van der Waals surface area contributed by atoms with E-state index in [0.717, 1.165) is 18.5 Å². The highest BCUT2D eigenvalue weighted by Gasteiger charge is 2.25. The summed E-state index contributed by atoms with van der Waals surface area (Å²) >= 11 is 0. The molecule has 0 fully saturated rings. The van der Waals surface area contributed by atoms with Crippen molar-refractivity contribution in [3.63, 3.8) is 0 Å². The maximum atomic E-state index is 12.1.